The molecule has 7 heteroatoms. The van der Waals surface area contributed by atoms with E-state index >= 15 is 0 Å². The first-order chi connectivity index (χ1) is 14.2. The number of morpholine rings is 1. The summed E-state index contributed by atoms with van der Waals surface area (Å²) in [5, 5.41) is 0.577. The van der Waals surface area contributed by atoms with Gasteiger partial charge < -0.3 is 18.8 Å². The topological polar surface area (TPSA) is 70.0 Å². The van der Waals surface area contributed by atoms with Gasteiger partial charge in [-0.3, -0.25) is 9.69 Å². The van der Waals surface area contributed by atoms with E-state index in [1.165, 1.54) is 0 Å². The van der Waals surface area contributed by atoms with Gasteiger partial charge in [0, 0.05) is 50.5 Å². The van der Waals surface area contributed by atoms with E-state index in [4.69, 9.17) is 14.2 Å². The lowest BCUT2D eigenvalue weighted by molar-refractivity contribution is 0.0342. The molecule has 1 aromatic heterocycles. The van der Waals surface area contributed by atoms with E-state index in [-0.39, 0.29) is 23.6 Å². The van der Waals surface area contributed by atoms with Gasteiger partial charge in [0.05, 0.1) is 25.3 Å². The zero-order chi connectivity index (χ0) is 20.2. The molecule has 0 aliphatic carbocycles. The van der Waals surface area contributed by atoms with Gasteiger partial charge in [-0.25, -0.2) is 4.79 Å². The summed E-state index contributed by atoms with van der Waals surface area (Å²) in [6.45, 7) is 7.35. The van der Waals surface area contributed by atoms with Crippen LogP contribution in [0.15, 0.2) is 29.2 Å². The zero-order valence-corrected chi connectivity index (χ0v) is 16.9. The van der Waals surface area contributed by atoms with E-state index in [9.17, 15) is 9.59 Å². The summed E-state index contributed by atoms with van der Waals surface area (Å²) in [4.78, 5) is 27.9. The molecule has 2 aliphatic rings. The molecule has 0 unspecified atom stereocenters. The van der Waals surface area contributed by atoms with Gasteiger partial charge in [0.25, 0.3) is 0 Å². The minimum atomic E-state index is -0.557. The molecule has 2 aromatic rings. The SMILES string of the molecule is CCOC(=O)c1cn(C2CCOCC2)c2ccc(CN3CCOCC3)cc2c1=O. The minimum Gasteiger partial charge on any atom is -0.462 e. The van der Waals surface area contributed by atoms with Crippen LogP contribution in [0.5, 0.6) is 0 Å². The smallest absolute Gasteiger partial charge is 0.343 e. The van der Waals surface area contributed by atoms with E-state index in [2.05, 4.69) is 15.5 Å². The lowest BCUT2D eigenvalue weighted by Gasteiger charge is -2.28. The Morgan fingerprint density at radius 1 is 1.14 bits per heavy atom. The van der Waals surface area contributed by atoms with Gasteiger partial charge in [-0.15, -0.1) is 0 Å². The van der Waals surface area contributed by atoms with E-state index in [0.717, 1.165) is 56.8 Å². The number of carbonyl (C=O) groups excluding carboxylic acids is 1. The van der Waals surface area contributed by atoms with Crippen LogP contribution in [0.2, 0.25) is 0 Å². The van der Waals surface area contributed by atoms with Crippen LogP contribution in [-0.4, -0.2) is 61.6 Å². The number of hydrogen-bond donors (Lipinski definition) is 0. The first-order valence-electron chi connectivity index (χ1n) is 10.4. The largest absolute Gasteiger partial charge is 0.462 e. The van der Waals surface area contributed by atoms with Crippen LogP contribution in [0, 0.1) is 0 Å². The number of benzene rings is 1. The summed E-state index contributed by atoms with van der Waals surface area (Å²) in [6, 6.07) is 6.23. The Morgan fingerprint density at radius 2 is 1.86 bits per heavy atom. The fourth-order valence-electron chi connectivity index (χ4n) is 4.14. The van der Waals surface area contributed by atoms with Crippen LogP contribution >= 0.6 is 0 Å². The van der Waals surface area contributed by atoms with Crippen LogP contribution in [0.25, 0.3) is 10.9 Å². The Kier molecular flexibility index (Phi) is 6.28. The third-order valence-electron chi connectivity index (χ3n) is 5.69. The molecule has 0 spiro atoms. The Labute approximate surface area is 170 Å². The second kappa shape index (κ2) is 9.07. The number of aromatic nitrogens is 1. The van der Waals surface area contributed by atoms with Gasteiger partial charge in [-0.05, 0) is 37.5 Å². The summed E-state index contributed by atoms with van der Waals surface area (Å²) >= 11 is 0. The molecular formula is C22H28N2O5. The molecule has 2 saturated heterocycles. The number of fused-ring (bicyclic) bond motifs is 1. The molecule has 0 saturated carbocycles. The highest BCUT2D eigenvalue weighted by Crippen LogP contribution is 2.26. The van der Waals surface area contributed by atoms with Crippen molar-refractivity contribution in [2.45, 2.75) is 32.4 Å². The van der Waals surface area contributed by atoms with Crippen LogP contribution in [-0.2, 0) is 20.8 Å². The van der Waals surface area contributed by atoms with Gasteiger partial charge in [-0.1, -0.05) is 6.07 Å². The molecule has 2 aliphatic heterocycles. The van der Waals surface area contributed by atoms with E-state index < -0.39 is 5.97 Å². The summed E-state index contributed by atoms with van der Waals surface area (Å²) in [6.07, 6.45) is 3.39. The number of pyridine rings is 1. The molecule has 0 radical (unpaired) electrons. The Morgan fingerprint density at radius 3 is 2.59 bits per heavy atom. The number of rotatable bonds is 5. The first kappa shape index (κ1) is 20.1. The Bertz CT molecular complexity index is 927. The lowest BCUT2D eigenvalue weighted by Crippen LogP contribution is -2.35. The van der Waals surface area contributed by atoms with Gasteiger partial charge in [0.2, 0.25) is 5.43 Å². The maximum Gasteiger partial charge on any atom is 0.343 e. The van der Waals surface area contributed by atoms with Crippen molar-refractivity contribution in [1.82, 2.24) is 9.47 Å². The molecule has 156 valence electrons. The number of nitrogens with zero attached hydrogens (tertiary/aromatic N) is 2. The number of ether oxygens (including phenoxy) is 3. The predicted octanol–water partition coefficient (Wildman–Crippen LogP) is 2.36. The maximum absolute atomic E-state index is 13.2. The summed E-state index contributed by atoms with van der Waals surface area (Å²) in [7, 11) is 0. The highest BCUT2D eigenvalue weighted by molar-refractivity contribution is 5.94. The van der Waals surface area contributed by atoms with Crippen LogP contribution < -0.4 is 5.43 Å². The molecule has 2 fully saturated rings. The Balaban J connectivity index is 1.77. The van der Waals surface area contributed by atoms with E-state index in [0.29, 0.717) is 18.6 Å². The van der Waals surface area contributed by atoms with Crippen molar-refractivity contribution >= 4 is 16.9 Å². The second-order valence-electron chi connectivity index (χ2n) is 7.58. The zero-order valence-electron chi connectivity index (χ0n) is 16.9. The lowest BCUT2D eigenvalue weighted by atomic mass is 10.0. The van der Waals surface area contributed by atoms with Crippen LogP contribution in [0.4, 0.5) is 0 Å². The standard InChI is InChI=1S/C22H28N2O5/c1-2-29-22(26)19-15-24(17-5-9-27-10-6-17)20-4-3-16(13-18(20)21(19)25)14-23-7-11-28-12-8-23/h3-4,13,15,17H,2,5-12,14H2,1H3. The number of carbonyl (C=O) groups is 1. The third-order valence-corrected chi connectivity index (χ3v) is 5.69. The molecule has 0 atom stereocenters. The normalized spacial score (nSPS) is 18.8. The number of esters is 1. The van der Waals surface area contributed by atoms with Crippen molar-refractivity contribution in [2.24, 2.45) is 0 Å². The van der Waals surface area contributed by atoms with Gasteiger partial charge in [0.15, 0.2) is 0 Å². The van der Waals surface area contributed by atoms with E-state index in [1.807, 2.05) is 12.1 Å². The predicted molar refractivity (Wildman–Crippen MR) is 109 cm³/mol. The fourth-order valence-corrected chi connectivity index (χ4v) is 4.14. The fraction of sp³-hybridized carbons (Fsp3) is 0.545. The molecule has 4 rings (SSSR count). The summed E-state index contributed by atoms with van der Waals surface area (Å²) in [5.41, 5.74) is 1.77. The van der Waals surface area contributed by atoms with Crippen molar-refractivity contribution < 1.29 is 19.0 Å². The highest BCUT2D eigenvalue weighted by Gasteiger charge is 2.22. The average molecular weight is 400 g/mol. The quantitative estimate of drug-likeness (QED) is 0.718. The van der Waals surface area contributed by atoms with Gasteiger partial charge >= 0.3 is 5.97 Å². The van der Waals surface area contributed by atoms with Crippen LogP contribution in [0.3, 0.4) is 0 Å². The minimum absolute atomic E-state index is 0.106. The second-order valence-corrected chi connectivity index (χ2v) is 7.58. The molecular weight excluding hydrogens is 372 g/mol. The molecule has 0 N–H and O–H groups in total. The van der Waals surface area contributed by atoms with Gasteiger partial charge in [-0.2, -0.15) is 0 Å². The highest BCUT2D eigenvalue weighted by atomic mass is 16.5. The van der Waals surface area contributed by atoms with Crippen molar-refractivity contribution in [2.75, 3.05) is 46.1 Å². The van der Waals surface area contributed by atoms with Gasteiger partial charge in [0.1, 0.15) is 5.56 Å². The monoisotopic (exact) mass is 400 g/mol. The summed E-state index contributed by atoms with van der Waals surface area (Å²) in [5.74, 6) is -0.557. The first-order valence-corrected chi connectivity index (χ1v) is 10.4. The molecule has 3 heterocycles. The Hall–Kier alpha value is -2.22. The van der Waals surface area contributed by atoms with Crippen molar-refractivity contribution in [3.8, 4) is 0 Å². The van der Waals surface area contributed by atoms with Crippen molar-refractivity contribution in [3.05, 3.63) is 45.7 Å². The maximum atomic E-state index is 13.2. The summed E-state index contributed by atoms with van der Waals surface area (Å²) < 4.78 is 18.1. The molecule has 1 aromatic carbocycles. The van der Waals surface area contributed by atoms with Crippen molar-refractivity contribution in [3.63, 3.8) is 0 Å². The molecule has 0 bridgehead atoms. The van der Waals surface area contributed by atoms with E-state index in [1.54, 1.807) is 13.1 Å². The van der Waals surface area contributed by atoms with Crippen LogP contribution in [0.1, 0.15) is 41.7 Å². The number of hydrogen-bond acceptors (Lipinski definition) is 6. The molecule has 0 amide bonds. The van der Waals surface area contributed by atoms with Crippen molar-refractivity contribution in [1.29, 1.82) is 0 Å². The third kappa shape index (κ3) is 4.37. The average Bonchev–Trinajstić information content (AvgIpc) is 2.76. The molecule has 7 nitrogen and oxygen atoms in total. The molecule has 29 heavy (non-hydrogen) atoms.